The summed E-state index contributed by atoms with van der Waals surface area (Å²) in [4.78, 5) is 16.8. The van der Waals surface area contributed by atoms with Gasteiger partial charge in [-0.05, 0) is 18.4 Å². The quantitative estimate of drug-likeness (QED) is 0.778. The molecular formula is C19H25N3O2. The van der Waals surface area contributed by atoms with Crippen molar-refractivity contribution >= 4 is 5.91 Å². The lowest BCUT2D eigenvalue weighted by molar-refractivity contribution is -0.150. The highest BCUT2D eigenvalue weighted by Crippen LogP contribution is 2.28. The molecule has 1 amide bonds. The van der Waals surface area contributed by atoms with E-state index in [1.807, 2.05) is 40.1 Å². The number of rotatable bonds is 5. The molecule has 2 aliphatic rings. The molecule has 0 radical (unpaired) electrons. The first kappa shape index (κ1) is 16.9. The van der Waals surface area contributed by atoms with E-state index >= 15 is 0 Å². The summed E-state index contributed by atoms with van der Waals surface area (Å²) in [7, 11) is 0. The van der Waals surface area contributed by atoms with E-state index < -0.39 is 0 Å². The summed E-state index contributed by atoms with van der Waals surface area (Å²) in [5.74, 6) is 0.126. The SMILES string of the molecule is N#CCN(CC(=O)N1CCO[C@@H]2CCCC[C@@H]21)Cc1ccccc1. The molecule has 1 aromatic rings. The predicted octanol–water partition coefficient (Wildman–Crippen LogP) is 2.18. The van der Waals surface area contributed by atoms with Crippen molar-refractivity contribution in [2.75, 3.05) is 26.2 Å². The molecule has 3 rings (SSSR count). The number of hydrogen-bond donors (Lipinski definition) is 0. The van der Waals surface area contributed by atoms with Gasteiger partial charge in [0, 0.05) is 13.1 Å². The number of nitrogens with zero attached hydrogens (tertiary/aromatic N) is 3. The third kappa shape index (κ3) is 4.14. The summed E-state index contributed by atoms with van der Waals surface area (Å²) in [5.41, 5.74) is 1.12. The normalized spacial score (nSPS) is 23.6. The number of fused-ring (bicyclic) bond motifs is 1. The third-order valence-corrected chi connectivity index (χ3v) is 4.95. The molecular weight excluding hydrogens is 302 g/mol. The topological polar surface area (TPSA) is 56.6 Å². The molecule has 1 aliphatic heterocycles. The minimum Gasteiger partial charge on any atom is -0.374 e. The van der Waals surface area contributed by atoms with Crippen LogP contribution in [0.2, 0.25) is 0 Å². The van der Waals surface area contributed by atoms with Crippen LogP contribution in [-0.2, 0) is 16.1 Å². The maximum absolute atomic E-state index is 12.8. The molecule has 5 heteroatoms. The molecule has 5 nitrogen and oxygen atoms in total. The Bertz CT molecular complexity index is 582. The van der Waals surface area contributed by atoms with E-state index in [1.54, 1.807) is 0 Å². The van der Waals surface area contributed by atoms with E-state index in [0.29, 0.717) is 26.2 Å². The van der Waals surface area contributed by atoms with Crippen LogP contribution in [0.1, 0.15) is 31.2 Å². The van der Waals surface area contributed by atoms with E-state index in [-0.39, 0.29) is 24.6 Å². The Hall–Kier alpha value is -1.90. The van der Waals surface area contributed by atoms with Crippen LogP contribution in [0.25, 0.3) is 0 Å². The minimum atomic E-state index is 0.126. The molecule has 2 atom stereocenters. The van der Waals surface area contributed by atoms with Crippen molar-refractivity contribution in [2.45, 2.75) is 44.4 Å². The van der Waals surface area contributed by atoms with Crippen LogP contribution in [0.4, 0.5) is 0 Å². The molecule has 128 valence electrons. The molecule has 24 heavy (non-hydrogen) atoms. The lowest BCUT2D eigenvalue weighted by Gasteiger charge is -2.44. The maximum Gasteiger partial charge on any atom is 0.237 e. The van der Waals surface area contributed by atoms with Crippen LogP contribution in [0, 0.1) is 11.3 Å². The number of amides is 1. The Labute approximate surface area is 143 Å². The zero-order valence-corrected chi connectivity index (χ0v) is 14.1. The molecule has 1 aliphatic carbocycles. The smallest absolute Gasteiger partial charge is 0.237 e. The summed E-state index contributed by atoms with van der Waals surface area (Å²) in [5, 5.41) is 9.09. The average molecular weight is 327 g/mol. The summed E-state index contributed by atoms with van der Waals surface area (Å²) in [6.07, 6.45) is 4.65. The lowest BCUT2D eigenvalue weighted by atomic mass is 9.90. The molecule has 1 aromatic carbocycles. The number of carbonyl (C=O) groups excluding carboxylic acids is 1. The second kappa shape index (κ2) is 8.27. The van der Waals surface area contributed by atoms with Gasteiger partial charge in [-0.15, -0.1) is 0 Å². The van der Waals surface area contributed by atoms with Crippen LogP contribution >= 0.6 is 0 Å². The Morgan fingerprint density at radius 2 is 2.08 bits per heavy atom. The first-order valence-corrected chi connectivity index (χ1v) is 8.82. The largest absolute Gasteiger partial charge is 0.374 e. The number of morpholine rings is 1. The van der Waals surface area contributed by atoms with Gasteiger partial charge in [0.2, 0.25) is 5.91 Å². The monoisotopic (exact) mass is 327 g/mol. The summed E-state index contributed by atoms with van der Waals surface area (Å²) in [6, 6.07) is 12.4. The van der Waals surface area contributed by atoms with Crippen molar-refractivity contribution in [3.63, 3.8) is 0 Å². The lowest BCUT2D eigenvalue weighted by Crippen LogP contribution is -2.56. The van der Waals surface area contributed by atoms with Gasteiger partial charge in [-0.25, -0.2) is 0 Å². The highest BCUT2D eigenvalue weighted by molar-refractivity contribution is 5.78. The van der Waals surface area contributed by atoms with E-state index in [1.165, 1.54) is 12.8 Å². The molecule has 1 saturated carbocycles. The summed E-state index contributed by atoms with van der Waals surface area (Å²) < 4.78 is 5.85. The van der Waals surface area contributed by atoms with Crippen LogP contribution in [0.5, 0.6) is 0 Å². The van der Waals surface area contributed by atoms with Crippen LogP contribution in [-0.4, -0.2) is 54.1 Å². The Morgan fingerprint density at radius 1 is 1.29 bits per heavy atom. The molecule has 0 unspecified atom stereocenters. The molecule has 2 fully saturated rings. The fraction of sp³-hybridized carbons (Fsp3) is 0.579. The Balaban J connectivity index is 1.63. The number of ether oxygens (including phenoxy) is 1. The first-order valence-electron chi connectivity index (χ1n) is 8.82. The molecule has 1 saturated heterocycles. The zero-order chi connectivity index (χ0) is 16.8. The zero-order valence-electron chi connectivity index (χ0n) is 14.1. The van der Waals surface area contributed by atoms with E-state index in [0.717, 1.165) is 18.4 Å². The van der Waals surface area contributed by atoms with Gasteiger partial charge >= 0.3 is 0 Å². The van der Waals surface area contributed by atoms with Gasteiger partial charge in [0.15, 0.2) is 0 Å². The van der Waals surface area contributed by atoms with Gasteiger partial charge < -0.3 is 9.64 Å². The second-order valence-electron chi connectivity index (χ2n) is 6.64. The van der Waals surface area contributed by atoms with Gasteiger partial charge in [-0.2, -0.15) is 5.26 Å². The number of nitriles is 1. The molecule has 0 spiro atoms. The molecule has 0 N–H and O–H groups in total. The van der Waals surface area contributed by atoms with E-state index in [9.17, 15) is 4.79 Å². The van der Waals surface area contributed by atoms with Gasteiger partial charge in [0.1, 0.15) is 0 Å². The average Bonchev–Trinajstić information content (AvgIpc) is 2.62. The van der Waals surface area contributed by atoms with Crippen molar-refractivity contribution in [3.05, 3.63) is 35.9 Å². The molecule has 0 aromatic heterocycles. The van der Waals surface area contributed by atoms with Crippen molar-refractivity contribution in [3.8, 4) is 6.07 Å². The van der Waals surface area contributed by atoms with Gasteiger partial charge in [-0.1, -0.05) is 43.2 Å². The molecule has 0 bridgehead atoms. The van der Waals surface area contributed by atoms with Crippen LogP contribution in [0.15, 0.2) is 30.3 Å². The van der Waals surface area contributed by atoms with Crippen molar-refractivity contribution in [1.82, 2.24) is 9.80 Å². The maximum atomic E-state index is 12.8. The fourth-order valence-electron chi connectivity index (χ4n) is 3.80. The number of carbonyl (C=O) groups is 1. The number of hydrogen-bond acceptors (Lipinski definition) is 4. The predicted molar refractivity (Wildman–Crippen MR) is 91.0 cm³/mol. The Kier molecular flexibility index (Phi) is 5.84. The molecule has 1 heterocycles. The highest BCUT2D eigenvalue weighted by atomic mass is 16.5. The van der Waals surface area contributed by atoms with Crippen LogP contribution < -0.4 is 0 Å². The standard InChI is InChI=1S/C19H25N3O2/c20-10-11-21(14-16-6-2-1-3-7-16)15-19(23)22-12-13-24-18-9-5-4-8-17(18)22/h1-3,6-7,17-18H,4-5,8-9,11-15H2/t17-,18+/m0/s1. The van der Waals surface area contributed by atoms with Crippen molar-refractivity contribution in [1.29, 1.82) is 5.26 Å². The second-order valence-corrected chi connectivity index (χ2v) is 6.64. The Morgan fingerprint density at radius 3 is 2.88 bits per heavy atom. The van der Waals surface area contributed by atoms with Crippen molar-refractivity contribution < 1.29 is 9.53 Å². The van der Waals surface area contributed by atoms with Crippen molar-refractivity contribution in [2.24, 2.45) is 0 Å². The van der Waals surface area contributed by atoms with Gasteiger partial charge in [0.25, 0.3) is 0 Å². The summed E-state index contributed by atoms with van der Waals surface area (Å²) >= 11 is 0. The van der Waals surface area contributed by atoms with E-state index in [4.69, 9.17) is 10.00 Å². The number of benzene rings is 1. The fourth-order valence-corrected chi connectivity index (χ4v) is 3.80. The highest BCUT2D eigenvalue weighted by Gasteiger charge is 2.36. The first-order chi connectivity index (χ1) is 11.8. The van der Waals surface area contributed by atoms with E-state index in [2.05, 4.69) is 6.07 Å². The van der Waals surface area contributed by atoms with Crippen LogP contribution in [0.3, 0.4) is 0 Å². The summed E-state index contributed by atoms with van der Waals surface area (Å²) in [6.45, 7) is 2.49. The minimum absolute atomic E-state index is 0.126. The van der Waals surface area contributed by atoms with Gasteiger partial charge in [-0.3, -0.25) is 9.69 Å². The van der Waals surface area contributed by atoms with Gasteiger partial charge in [0.05, 0.1) is 37.9 Å². The third-order valence-electron chi connectivity index (χ3n) is 4.95.